The molecule has 3 aromatic carbocycles. The van der Waals surface area contributed by atoms with Gasteiger partial charge in [0.1, 0.15) is 10.6 Å². The van der Waals surface area contributed by atoms with Gasteiger partial charge in [-0.3, -0.25) is 0 Å². The van der Waals surface area contributed by atoms with Crippen LogP contribution in [-0.2, 0) is 10.0 Å². The van der Waals surface area contributed by atoms with Gasteiger partial charge in [-0.2, -0.15) is 5.10 Å². The number of benzene rings is 3. The van der Waals surface area contributed by atoms with Gasteiger partial charge in [0.2, 0.25) is 10.0 Å². The van der Waals surface area contributed by atoms with Gasteiger partial charge in [0.05, 0.1) is 16.4 Å². The lowest BCUT2D eigenvalue weighted by atomic mass is 10.1. The summed E-state index contributed by atoms with van der Waals surface area (Å²) >= 11 is 6.75. The van der Waals surface area contributed by atoms with E-state index in [1.807, 2.05) is 60.7 Å². The van der Waals surface area contributed by atoms with Crippen molar-refractivity contribution in [3.63, 3.8) is 0 Å². The van der Waals surface area contributed by atoms with Crippen LogP contribution in [0.25, 0.3) is 28.2 Å². The molecule has 0 aliphatic heterocycles. The van der Waals surface area contributed by atoms with Crippen LogP contribution >= 0.6 is 11.6 Å². The normalized spacial score (nSPS) is 11.5. The van der Waals surface area contributed by atoms with E-state index in [4.69, 9.17) is 16.7 Å². The number of hydrogen-bond donors (Lipinski definition) is 1. The Morgan fingerprint density at radius 2 is 1.32 bits per heavy atom. The topological polar surface area (TPSA) is 78.0 Å². The van der Waals surface area contributed by atoms with Crippen molar-refractivity contribution >= 4 is 21.6 Å². The minimum Gasteiger partial charge on any atom is -0.230 e. The van der Waals surface area contributed by atoms with Gasteiger partial charge < -0.3 is 0 Å². The van der Waals surface area contributed by atoms with Crippen LogP contribution in [0, 0.1) is 0 Å². The predicted octanol–water partition coefficient (Wildman–Crippen LogP) is 4.51. The molecule has 28 heavy (non-hydrogen) atoms. The summed E-state index contributed by atoms with van der Waals surface area (Å²) in [4.78, 5) is -0.0223. The molecule has 2 N–H and O–H groups in total. The average Bonchev–Trinajstić information content (AvgIpc) is 3.06. The lowest BCUT2D eigenvalue weighted by Gasteiger charge is -2.11. The van der Waals surface area contributed by atoms with Gasteiger partial charge in [0.25, 0.3) is 0 Å². The third-order valence-corrected chi connectivity index (χ3v) is 5.64. The fraction of sp³-hybridized carbons (Fsp3) is 0. The largest absolute Gasteiger partial charge is 0.240 e. The molecule has 5 nitrogen and oxygen atoms in total. The number of aromatic nitrogens is 2. The highest BCUT2D eigenvalue weighted by atomic mass is 35.5. The van der Waals surface area contributed by atoms with Gasteiger partial charge in [-0.05, 0) is 12.1 Å². The summed E-state index contributed by atoms with van der Waals surface area (Å²) in [5, 5.41) is 10.5. The number of sulfonamides is 1. The molecule has 0 aliphatic rings. The molecule has 0 aliphatic carbocycles. The molecule has 1 heterocycles. The number of nitrogens with two attached hydrogens (primary N) is 1. The van der Waals surface area contributed by atoms with E-state index in [1.165, 1.54) is 6.07 Å². The smallest absolute Gasteiger partial charge is 0.230 e. The van der Waals surface area contributed by atoms with Crippen LogP contribution in [0.15, 0.2) is 89.8 Å². The second-order valence-corrected chi connectivity index (χ2v) is 8.08. The molecule has 4 aromatic rings. The van der Waals surface area contributed by atoms with E-state index >= 15 is 0 Å². The zero-order valence-corrected chi connectivity index (χ0v) is 16.2. The van der Waals surface area contributed by atoms with Crippen molar-refractivity contribution in [1.82, 2.24) is 9.78 Å². The van der Waals surface area contributed by atoms with Crippen molar-refractivity contribution in [2.45, 2.75) is 4.90 Å². The van der Waals surface area contributed by atoms with Gasteiger partial charge >= 0.3 is 0 Å². The molecular formula is C21H16ClN3O2S. The van der Waals surface area contributed by atoms with Gasteiger partial charge in [0.15, 0.2) is 0 Å². The fourth-order valence-electron chi connectivity index (χ4n) is 3.07. The lowest BCUT2D eigenvalue weighted by molar-refractivity contribution is 0.596. The van der Waals surface area contributed by atoms with Crippen LogP contribution in [0.2, 0.25) is 5.02 Å². The van der Waals surface area contributed by atoms with E-state index in [1.54, 1.807) is 22.9 Å². The van der Waals surface area contributed by atoms with Gasteiger partial charge in [0, 0.05) is 11.1 Å². The minimum atomic E-state index is -3.95. The zero-order valence-electron chi connectivity index (χ0n) is 14.7. The summed E-state index contributed by atoms with van der Waals surface area (Å²) in [6, 6.07) is 25.4. The molecule has 1 aromatic heterocycles. The highest BCUT2D eigenvalue weighted by Gasteiger charge is 2.23. The van der Waals surface area contributed by atoms with E-state index in [2.05, 4.69) is 5.10 Å². The maximum Gasteiger partial charge on any atom is 0.240 e. The Labute approximate surface area is 168 Å². The molecule has 0 fully saturated rings. The Balaban J connectivity index is 2.06. The quantitative estimate of drug-likeness (QED) is 0.538. The molecule has 0 bridgehead atoms. The Morgan fingerprint density at radius 1 is 0.786 bits per heavy atom. The van der Waals surface area contributed by atoms with Gasteiger partial charge in [-0.15, -0.1) is 0 Å². The first-order valence-corrected chi connectivity index (χ1v) is 10.4. The van der Waals surface area contributed by atoms with Crippen LogP contribution in [0.3, 0.4) is 0 Å². The molecule has 0 saturated heterocycles. The molecule has 0 spiro atoms. The van der Waals surface area contributed by atoms with Crippen LogP contribution in [0.1, 0.15) is 0 Å². The first-order chi connectivity index (χ1) is 13.5. The van der Waals surface area contributed by atoms with E-state index in [-0.39, 0.29) is 4.90 Å². The second kappa shape index (κ2) is 7.24. The summed E-state index contributed by atoms with van der Waals surface area (Å²) in [6.45, 7) is 0. The molecule has 4 rings (SSSR count). The summed E-state index contributed by atoms with van der Waals surface area (Å²) in [5.74, 6) is 0. The molecule has 0 saturated carbocycles. The summed E-state index contributed by atoms with van der Waals surface area (Å²) < 4.78 is 25.8. The van der Waals surface area contributed by atoms with E-state index in [0.29, 0.717) is 22.1 Å². The summed E-state index contributed by atoms with van der Waals surface area (Å²) in [6.07, 6.45) is 0. The number of hydrogen-bond acceptors (Lipinski definition) is 3. The second-order valence-electron chi connectivity index (χ2n) is 6.17. The molecule has 0 radical (unpaired) electrons. The zero-order chi connectivity index (χ0) is 19.7. The van der Waals surface area contributed by atoms with Crippen molar-refractivity contribution in [3.05, 3.63) is 90.0 Å². The van der Waals surface area contributed by atoms with Crippen LogP contribution in [0.4, 0.5) is 0 Å². The highest BCUT2D eigenvalue weighted by Crippen LogP contribution is 2.38. The first kappa shape index (κ1) is 18.4. The molecule has 0 amide bonds. The molecular weight excluding hydrogens is 394 g/mol. The minimum absolute atomic E-state index is 0.0223. The Kier molecular flexibility index (Phi) is 4.77. The lowest BCUT2D eigenvalue weighted by Crippen LogP contribution is -2.16. The summed E-state index contributed by atoms with van der Waals surface area (Å²) in [7, 11) is -3.95. The van der Waals surface area contributed by atoms with Crippen molar-refractivity contribution < 1.29 is 8.42 Å². The van der Waals surface area contributed by atoms with E-state index in [9.17, 15) is 8.42 Å². The van der Waals surface area contributed by atoms with Crippen LogP contribution < -0.4 is 5.14 Å². The number of halogens is 1. The Morgan fingerprint density at radius 3 is 1.93 bits per heavy atom. The van der Waals surface area contributed by atoms with Crippen molar-refractivity contribution in [1.29, 1.82) is 0 Å². The average molecular weight is 410 g/mol. The molecule has 0 atom stereocenters. The standard InChI is InChI=1S/C21H16ClN3O2S/c22-19-20(15-9-3-1-4-10-15)24-25(21(19)16-11-5-2-6-12-16)17-13-7-8-14-18(17)28(23,26)27/h1-14H,(H2,23,26,27). The maximum atomic E-state index is 12.1. The van der Waals surface area contributed by atoms with Crippen molar-refractivity contribution in [2.24, 2.45) is 5.14 Å². The van der Waals surface area contributed by atoms with Crippen molar-refractivity contribution in [2.75, 3.05) is 0 Å². The van der Waals surface area contributed by atoms with Crippen LogP contribution in [-0.4, -0.2) is 18.2 Å². The predicted molar refractivity (Wildman–Crippen MR) is 111 cm³/mol. The molecule has 0 unspecified atom stereocenters. The maximum absolute atomic E-state index is 12.1. The van der Waals surface area contributed by atoms with Gasteiger partial charge in [-0.1, -0.05) is 84.4 Å². The van der Waals surface area contributed by atoms with E-state index in [0.717, 1.165) is 11.1 Å². The number of nitrogens with zero attached hydrogens (tertiary/aromatic N) is 2. The number of primary sulfonamides is 1. The first-order valence-electron chi connectivity index (χ1n) is 8.48. The third kappa shape index (κ3) is 3.33. The SMILES string of the molecule is NS(=O)(=O)c1ccccc1-n1nc(-c2ccccc2)c(Cl)c1-c1ccccc1. The molecule has 140 valence electrons. The Hall–Kier alpha value is -2.93. The summed E-state index contributed by atoms with van der Waals surface area (Å²) in [5.41, 5.74) is 3.14. The van der Waals surface area contributed by atoms with E-state index < -0.39 is 10.0 Å². The fourth-order valence-corrected chi connectivity index (χ4v) is 4.12. The third-order valence-electron chi connectivity index (χ3n) is 4.32. The van der Waals surface area contributed by atoms with Crippen molar-refractivity contribution in [3.8, 4) is 28.2 Å². The highest BCUT2D eigenvalue weighted by molar-refractivity contribution is 7.89. The Bertz CT molecular complexity index is 1240. The molecule has 7 heteroatoms. The van der Waals surface area contributed by atoms with Crippen LogP contribution in [0.5, 0.6) is 0 Å². The van der Waals surface area contributed by atoms with Gasteiger partial charge in [-0.25, -0.2) is 18.2 Å². The number of para-hydroxylation sites is 1. The monoisotopic (exact) mass is 409 g/mol. The number of rotatable bonds is 4.